The molecule has 2 rings (SSSR count). The van der Waals surface area contributed by atoms with Crippen molar-refractivity contribution < 1.29 is 14.6 Å². The molecule has 23 heavy (non-hydrogen) atoms. The summed E-state index contributed by atoms with van der Waals surface area (Å²) >= 11 is 0. The first kappa shape index (κ1) is 16.7. The summed E-state index contributed by atoms with van der Waals surface area (Å²) in [5.41, 5.74) is 3.27. The van der Waals surface area contributed by atoms with Crippen LogP contribution in [0.15, 0.2) is 42.5 Å². The average Bonchev–Trinajstić information content (AvgIpc) is 2.51. The molecule has 2 aromatic carbocycles. The zero-order valence-corrected chi connectivity index (χ0v) is 13.4. The van der Waals surface area contributed by atoms with Gasteiger partial charge in [0.2, 0.25) is 0 Å². The zero-order chi connectivity index (χ0) is 16.7. The quantitative estimate of drug-likeness (QED) is 0.718. The number of nitrogens with one attached hydrogen (secondary N) is 2. The van der Waals surface area contributed by atoms with Crippen molar-refractivity contribution in [2.24, 2.45) is 0 Å². The lowest BCUT2D eigenvalue weighted by Gasteiger charge is -2.11. The molecule has 122 valence electrons. The van der Waals surface area contributed by atoms with E-state index < -0.39 is 0 Å². The van der Waals surface area contributed by atoms with E-state index in [9.17, 15) is 9.90 Å². The lowest BCUT2D eigenvalue weighted by molar-refractivity contribution is 0.224. The first-order valence-corrected chi connectivity index (χ1v) is 7.54. The molecule has 0 aliphatic rings. The first-order chi connectivity index (χ1) is 11.0. The van der Waals surface area contributed by atoms with E-state index in [1.807, 2.05) is 44.2 Å². The average molecular weight is 314 g/mol. The van der Waals surface area contributed by atoms with E-state index in [1.165, 1.54) is 5.56 Å². The molecular formula is C18H22N2O3. The molecule has 0 atom stereocenters. The van der Waals surface area contributed by atoms with Crippen LogP contribution in [0.4, 0.5) is 4.79 Å². The fourth-order valence-electron chi connectivity index (χ4n) is 2.19. The number of hydrogen-bond donors (Lipinski definition) is 3. The number of rotatable bonds is 6. The lowest BCUT2D eigenvalue weighted by atomic mass is 10.1. The highest BCUT2D eigenvalue weighted by Crippen LogP contribution is 2.18. The Bertz CT molecular complexity index is 654. The summed E-state index contributed by atoms with van der Waals surface area (Å²) in [6, 6.07) is 12.6. The maximum Gasteiger partial charge on any atom is 0.317 e. The summed E-state index contributed by atoms with van der Waals surface area (Å²) in [6.07, 6.45) is 0.700. The lowest BCUT2D eigenvalue weighted by Crippen LogP contribution is -2.38. The van der Waals surface area contributed by atoms with Crippen LogP contribution in [-0.4, -0.2) is 24.4 Å². The summed E-state index contributed by atoms with van der Waals surface area (Å²) < 4.78 is 5.54. The maximum absolute atomic E-state index is 11.7. The number of phenols is 1. The highest BCUT2D eigenvalue weighted by molar-refractivity contribution is 5.73. The minimum atomic E-state index is -0.270. The van der Waals surface area contributed by atoms with Crippen LogP contribution in [0.2, 0.25) is 0 Å². The van der Waals surface area contributed by atoms with Gasteiger partial charge in [0.15, 0.2) is 6.73 Å². The number of amides is 2. The second-order valence-corrected chi connectivity index (χ2v) is 5.41. The van der Waals surface area contributed by atoms with E-state index in [-0.39, 0.29) is 18.5 Å². The van der Waals surface area contributed by atoms with Gasteiger partial charge in [-0.15, -0.1) is 0 Å². The summed E-state index contributed by atoms with van der Waals surface area (Å²) in [5.74, 6) is 1.00. The van der Waals surface area contributed by atoms with Crippen LogP contribution in [-0.2, 0) is 6.42 Å². The normalized spacial score (nSPS) is 10.2. The third-order valence-corrected chi connectivity index (χ3v) is 3.43. The fraction of sp³-hybridized carbons (Fsp3) is 0.278. The Morgan fingerprint density at radius 3 is 2.52 bits per heavy atom. The molecule has 0 fully saturated rings. The number of hydrogen-bond acceptors (Lipinski definition) is 3. The summed E-state index contributed by atoms with van der Waals surface area (Å²) in [4.78, 5) is 11.7. The second kappa shape index (κ2) is 8.08. The van der Waals surface area contributed by atoms with E-state index in [1.54, 1.807) is 12.1 Å². The first-order valence-electron chi connectivity index (χ1n) is 7.54. The molecule has 0 aliphatic heterocycles. The van der Waals surface area contributed by atoms with Crippen LogP contribution in [0.3, 0.4) is 0 Å². The third-order valence-electron chi connectivity index (χ3n) is 3.43. The van der Waals surface area contributed by atoms with Gasteiger partial charge in [0.1, 0.15) is 11.5 Å². The number of aromatic hydroxyl groups is 1. The van der Waals surface area contributed by atoms with Gasteiger partial charge >= 0.3 is 6.03 Å². The zero-order valence-electron chi connectivity index (χ0n) is 13.4. The molecule has 0 saturated heterocycles. The van der Waals surface area contributed by atoms with Crippen molar-refractivity contribution >= 4 is 6.03 Å². The molecule has 5 heteroatoms. The Labute approximate surface area is 136 Å². The van der Waals surface area contributed by atoms with E-state index in [0.29, 0.717) is 13.0 Å². The number of phenolic OH excluding ortho intramolecular Hbond substituents is 1. The molecule has 0 radical (unpaired) electrons. The maximum atomic E-state index is 11.7. The van der Waals surface area contributed by atoms with Crippen molar-refractivity contribution in [3.63, 3.8) is 0 Å². The Hall–Kier alpha value is -2.69. The molecule has 2 amide bonds. The van der Waals surface area contributed by atoms with Gasteiger partial charge in [-0.25, -0.2) is 4.79 Å². The molecule has 0 heterocycles. The molecule has 0 bridgehead atoms. The minimum Gasteiger partial charge on any atom is -0.508 e. The minimum absolute atomic E-state index is 0.120. The highest BCUT2D eigenvalue weighted by Gasteiger charge is 2.02. The van der Waals surface area contributed by atoms with Gasteiger partial charge in [0, 0.05) is 6.54 Å². The SMILES string of the molecule is Cc1ccc(OCNC(=O)NCCc2ccc(O)cc2)c(C)c1. The number of benzene rings is 2. The molecule has 0 saturated carbocycles. The van der Waals surface area contributed by atoms with E-state index in [2.05, 4.69) is 10.6 Å². The molecule has 2 aromatic rings. The van der Waals surface area contributed by atoms with Crippen molar-refractivity contribution in [3.05, 3.63) is 59.2 Å². The predicted molar refractivity (Wildman–Crippen MR) is 89.8 cm³/mol. The van der Waals surface area contributed by atoms with Crippen LogP contribution in [0, 0.1) is 13.8 Å². The van der Waals surface area contributed by atoms with Crippen LogP contribution < -0.4 is 15.4 Å². The number of carbonyl (C=O) groups excluding carboxylic acids is 1. The van der Waals surface area contributed by atoms with Gasteiger partial charge in [-0.2, -0.15) is 0 Å². The fourth-order valence-corrected chi connectivity index (χ4v) is 2.19. The molecule has 0 unspecified atom stereocenters. The largest absolute Gasteiger partial charge is 0.508 e. The molecular weight excluding hydrogens is 292 g/mol. The Morgan fingerprint density at radius 2 is 1.83 bits per heavy atom. The number of ether oxygens (including phenoxy) is 1. The van der Waals surface area contributed by atoms with E-state index in [0.717, 1.165) is 16.9 Å². The summed E-state index contributed by atoms with van der Waals surface area (Å²) in [5, 5.41) is 14.6. The third kappa shape index (κ3) is 5.54. The predicted octanol–water partition coefficient (Wildman–Crippen LogP) is 2.89. The Balaban J connectivity index is 1.66. The molecule has 0 aliphatic carbocycles. The van der Waals surface area contributed by atoms with Gasteiger partial charge in [-0.05, 0) is 49.6 Å². The molecule has 0 spiro atoms. The Kier molecular flexibility index (Phi) is 5.86. The smallest absolute Gasteiger partial charge is 0.317 e. The molecule has 3 N–H and O–H groups in total. The highest BCUT2D eigenvalue weighted by atomic mass is 16.5. The van der Waals surface area contributed by atoms with Crippen molar-refractivity contribution in [3.8, 4) is 11.5 Å². The number of urea groups is 1. The number of carbonyl (C=O) groups is 1. The van der Waals surface area contributed by atoms with Crippen LogP contribution in [0.25, 0.3) is 0 Å². The second-order valence-electron chi connectivity index (χ2n) is 5.41. The van der Waals surface area contributed by atoms with Crippen molar-refractivity contribution in [1.82, 2.24) is 10.6 Å². The van der Waals surface area contributed by atoms with Crippen molar-refractivity contribution in [2.45, 2.75) is 20.3 Å². The van der Waals surface area contributed by atoms with E-state index in [4.69, 9.17) is 4.74 Å². The van der Waals surface area contributed by atoms with Gasteiger partial charge in [0.05, 0.1) is 0 Å². The van der Waals surface area contributed by atoms with Gasteiger partial charge < -0.3 is 20.5 Å². The molecule has 5 nitrogen and oxygen atoms in total. The van der Waals surface area contributed by atoms with E-state index >= 15 is 0 Å². The number of aryl methyl sites for hydroxylation is 2. The van der Waals surface area contributed by atoms with Crippen molar-refractivity contribution in [2.75, 3.05) is 13.3 Å². The topological polar surface area (TPSA) is 70.6 Å². The standard InChI is InChI=1S/C18H22N2O3/c1-13-3-8-17(14(2)11-13)23-12-20-18(22)19-10-9-15-4-6-16(21)7-5-15/h3-8,11,21H,9-10,12H2,1-2H3,(H2,19,20,22). The van der Waals surface area contributed by atoms with Crippen LogP contribution >= 0.6 is 0 Å². The van der Waals surface area contributed by atoms with Gasteiger partial charge in [0.25, 0.3) is 0 Å². The summed E-state index contributed by atoms with van der Waals surface area (Å²) in [6.45, 7) is 4.63. The van der Waals surface area contributed by atoms with Gasteiger partial charge in [-0.1, -0.05) is 29.8 Å². The summed E-state index contributed by atoms with van der Waals surface area (Å²) in [7, 11) is 0. The van der Waals surface area contributed by atoms with Crippen LogP contribution in [0.5, 0.6) is 11.5 Å². The Morgan fingerprint density at radius 1 is 1.09 bits per heavy atom. The van der Waals surface area contributed by atoms with Crippen LogP contribution in [0.1, 0.15) is 16.7 Å². The molecule has 0 aromatic heterocycles. The van der Waals surface area contributed by atoms with Crippen molar-refractivity contribution in [1.29, 1.82) is 0 Å². The van der Waals surface area contributed by atoms with Gasteiger partial charge in [-0.3, -0.25) is 0 Å². The monoisotopic (exact) mass is 314 g/mol.